The third-order valence-electron chi connectivity index (χ3n) is 3.51. The third-order valence-corrected chi connectivity index (χ3v) is 3.51. The Kier molecular flexibility index (Phi) is 4.50. The lowest BCUT2D eigenvalue weighted by Crippen LogP contribution is -2.38. The zero-order valence-corrected chi connectivity index (χ0v) is 10.6. The van der Waals surface area contributed by atoms with Crippen LogP contribution in [0.2, 0.25) is 0 Å². The normalized spacial score (nSPS) is 20.6. The molecule has 1 amide bonds. The zero-order valence-electron chi connectivity index (χ0n) is 10.6. The second kappa shape index (κ2) is 6.12. The van der Waals surface area contributed by atoms with Gasteiger partial charge in [0.05, 0.1) is 25.2 Å². The highest BCUT2D eigenvalue weighted by Crippen LogP contribution is 2.23. The molecule has 1 aromatic carbocycles. The Labute approximate surface area is 111 Å². The summed E-state index contributed by atoms with van der Waals surface area (Å²) in [6.45, 7) is 0.557. The molecule has 2 rings (SSSR count). The van der Waals surface area contributed by atoms with E-state index in [4.69, 9.17) is 5.11 Å². The summed E-state index contributed by atoms with van der Waals surface area (Å²) in [7, 11) is 0. The van der Waals surface area contributed by atoms with Crippen LogP contribution in [0.15, 0.2) is 24.3 Å². The number of rotatable bonds is 4. The quantitative estimate of drug-likeness (QED) is 0.862. The summed E-state index contributed by atoms with van der Waals surface area (Å²) in [6, 6.07) is 5.47. The van der Waals surface area contributed by atoms with E-state index in [9.17, 15) is 14.3 Å². The van der Waals surface area contributed by atoms with Gasteiger partial charge >= 0.3 is 0 Å². The van der Waals surface area contributed by atoms with Crippen molar-refractivity contribution in [1.29, 1.82) is 0 Å². The number of amides is 1. The smallest absolute Gasteiger partial charge is 0.225 e. The van der Waals surface area contributed by atoms with Crippen molar-refractivity contribution in [2.45, 2.75) is 31.4 Å². The summed E-state index contributed by atoms with van der Waals surface area (Å²) in [5, 5.41) is 19.1. The Balaban J connectivity index is 1.98. The van der Waals surface area contributed by atoms with Gasteiger partial charge < -0.3 is 15.1 Å². The minimum atomic E-state index is -1.01. The molecule has 0 radical (unpaired) electrons. The molecule has 1 heterocycles. The van der Waals surface area contributed by atoms with E-state index in [1.807, 2.05) is 0 Å². The summed E-state index contributed by atoms with van der Waals surface area (Å²) < 4.78 is 13.0. The molecular formula is C14H18FNO3. The van der Waals surface area contributed by atoms with Crippen LogP contribution in [0.1, 0.15) is 30.9 Å². The molecule has 2 N–H and O–H groups in total. The SMILES string of the molecule is O=C(CC(O)c1cccc(F)c1)N1CCC[C@H]1CO. The Morgan fingerprint density at radius 2 is 2.32 bits per heavy atom. The number of aliphatic hydroxyl groups is 2. The van der Waals surface area contributed by atoms with Gasteiger partial charge in [0.15, 0.2) is 0 Å². The standard InChI is InChI=1S/C14H18FNO3/c15-11-4-1-3-10(7-11)13(18)8-14(19)16-6-2-5-12(16)9-17/h1,3-4,7,12-13,17-18H,2,5-6,8-9H2/t12-,13?/m0/s1. The molecule has 5 heteroatoms. The van der Waals surface area contributed by atoms with Gasteiger partial charge in [-0.3, -0.25) is 4.79 Å². The van der Waals surface area contributed by atoms with E-state index in [0.717, 1.165) is 12.8 Å². The molecule has 1 aliphatic rings. The fraction of sp³-hybridized carbons (Fsp3) is 0.500. The van der Waals surface area contributed by atoms with Gasteiger partial charge in [-0.2, -0.15) is 0 Å². The highest BCUT2D eigenvalue weighted by atomic mass is 19.1. The van der Waals surface area contributed by atoms with Gasteiger partial charge in [0.1, 0.15) is 5.82 Å². The highest BCUT2D eigenvalue weighted by Gasteiger charge is 2.29. The second-order valence-electron chi connectivity index (χ2n) is 4.84. The first-order valence-corrected chi connectivity index (χ1v) is 6.45. The third kappa shape index (κ3) is 3.30. The summed E-state index contributed by atoms with van der Waals surface area (Å²) in [5.74, 6) is -0.633. The minimum Gasteiger partial charge on any atom is -0.394 e. The number of likely N-dealkylation sites (tertiary alicyclic amines) is 1. The van der Waals surface area contributed by atoms with E-state index >= 15 is 0 Å². The molecule has 0 aromatic heterocycles. The largest absolute Gasteiger partial charge is 0.394 e. The Morgan fingerprint density at radius 1 is 1.53 bits per heavy atom. The summed E-state index contributed by atoms with van der Waals surface area (Å²) >= 11 is 0. The molecule has 4 nitrogen and oxygen atoms in total. The van der Waals surface area contributed by atoms with Crippen molar-refractivity contribution in [2.24, 2.45) is 0 Å². The van der Waals surface area contributed by atoms with Crippen molar-refractivity contribution in [3.05, 3.63) is 35.6 Å². The van der Waals surface area contributed by atoms with Gasteiger partial charge in [0, 0.05) is 6.54 Å². The van der Waals surface area contributed by atoms with Crippen molar-refractivity contribution < 1.29 is 19.4 Å². The summed E-state index contributed by atoms with van der Waals surface area (Å²) in [5.41, 5.74) is 0.396. The molecule has 1 fully saturated rings. The second-order valence-corrected chi connectivity index (χ2v) is 4.84. The number of benzene rings is 1. The van der Waals surface area contributed by atoms with Crippen molar-refractivity contribution in [3.63, 3.8) is 0 Å². The van der Waals surface area contributed by atoms with Gasteiger partial charge in [-0.15, -0.1) is 0 Å². The molecule has 0 spiro atoms. The Hall–Kier alpha value is -1.46. The Bertz CT molecular complexity index is 452. The lowest BCUT2D eigenvalue weighted by molar-refractivity contribution is -0.134. The van der Waals surface area contributed by atoms with Crippen LogP contribution in [0.5, 0.6) is 0 Å². The minimum absolute atomic E-state index is 0.0538. The van der Waals surface area contributed by atoms with Crippen LogP contribution in [-0.2, 0) is 4.79 Å². The molecule has 2 atom stereocenters. The number of carbonyl (C=O) groups is 1. The topological polar surface area (TPSA) is 60.8 Å². The predicted molar refractivity (Wildman–Crippen MR) is 67.8 cm³/mol. The van der Waals surface area contributed by atoms with E-state index in [-0.39, 0.29) is 25.0 Å². The van der Waals surface area contributed by atoms with Crippen LogP contribution >= 0.6 is 0 Å². The molecule has 104 valence electrons. The van der Waals surface area contributed by atoms with E-state index in [2.05, 4.69) is 0 Å². The van der Waals surface area contributed by atoms with Gasteiger partial charge in [-0.05, 0) is 30.5 Å². The first-order valence-electron chi connectivity index (χ1n) is 6.45. The zero-order chi connectivity index (χ0) is 13.8. The van der Waals surface area contributed by atoms with Crippen molar-refractivity contribution in [1.82, 2.24) is 4.90 Å². The maximum absolute atomic E-state index is 13.0. The maximum Gasteiger partial charge on any atom is 0.225 e. The molecular weight excluding hydrogens is 249 g/mol. The molecule has 0 bridgehead atoms. The van der Waals surface area contributed by atoms with Crippen LogP contribution in [0, 0.1) is 5.82 Å². The Morgan fingerprint density at radius 3 is 3.00 bits per heavy atom. The average Bonchev–Trinajstić information content (AvgIpc) is 2.87. The van der Waals surface area contributed by atoms with Gasteiger partial charge in [0.25, 0.3) is 0 Å². The fourth-order valence-electron chi connectivity index (χ4n) is 2.47. The molecule has 19 heavy (non-hydrogen) atoms. The van der Waals surface area contributed by atoms with Crippen molar-refractivity contribution in [3.8, 4) is 0 Å². The van der Waals surface area contributed by atoms with E-state index in [1.165, 1.54) is 18.2 Å². The van der Waals surface area contributed by atoms with Crippen LogP contribution < -0.4 is 0 Å². The summed E-state index contributed by atoms with van der Waals surface area (Å²) in [4.78, 5) is 13.6. The van der Waals surface area contributed by atoms with Gasteiger partial charge in [-0.25, -0.2) is 4.39 Å². The van der Waals surface area contributed by atoms with Crippen LogP contribution in [0.25, 0.3) is 0 Å². The maximum atomic E-state index is 13.0. The number of hydrogen-bond donors (Lipinski definition) is 2. The molecule has 1 aliphatic heterocycles. The highest BCUT2D eigenvalue weighted by molar-refractivity contribution is 5.77. The average molecular weight is 267 g/mol. The van der Waals surface area contributed by atoms with E-state index < -0.39 is 11.9 Å². The van der Waals surface area contributed by atoms with E-state index in [0.29, 0.717) is 12.1 Å². The number of hydrogen-bond acceptors (Lipinski definition) is 3. The molecule has 1 saturated heterocycles. The molecule has 0 saturated carbocycles. The van der Waals surface area contributed by atoms with Crippen molar-refractivity contribution in [2.75, 3.05) is 13.2 Å². The van der Waals surface area contributed by atoms with Crippen LogP contribution in [-0.4, -0.2) is 40.2 Å². The van der Waals surface area contributed by atoms with Crippen LogP contribution in [0.3, 0.4) is 0 Å². The molecule has 1 unspecified atom stereocenters. The van der Waals surface area contributed by atoms with Crippen molar-refractivity contribution >= 4 is 5.91 Å². The van der Waals surface area contributed by atoms with E-state index in [1.54, 1.807) is 11.0 Å². The van der Waals surface area contributed by atoms with Gasteiger partial charge in [0.2, 0.25) is 5.91 Å². The van der Waals surface area contributed by atoms with Gasteiger partial charge in [-0.1, -0.05) is 12.1 Å². The lowest BCUT2D eigenvalue weighted by atomic mass is 10.1. The molecule has 0 aliphatic carbocycles. The first-order chi connectivity index (χ1) is 9.11. The summed E-state index contributed by atoms with van der Waals surface area (Å²) in [6.07, 6.45) is 0.564. The fourth-order valence-corrected chi connectivity index (χ4v) is 2.47. The predicted octanol–water partition coefficient (Wildman–Crippen LogP) is 1.23. The number of nitrogens with zero attached hydrogens (tertiary/aromatic N) is 1. The number of halogens is 1. The monoisotopic (exact) mass is 267 g/mol. The molecule has 1 aromatic rings. The van der Waals surface area contributed by atoms with Crippen LogP contribution in [0.4, 0.5) is 4.39 Å². The number of carbonyl (C=O) groups excluding carboxylic acids is 1. The lowest BCUT2D eigenvalue weighted by Gasteiger charge is -2.24. The first kappa shape index (κ1) is 14.0. The number of aliphatic hydroxyl groups excluding tert-OH is 2.